The monoisotopic (exact) mass is 353 g/mol. The van der Waals surface area contributed by atoms with E-state index in [2.05, 4.69) is 15.5 Å². The predicted octanol–water partition coefficient (Wildman–Crippen LogP) is 3.93. The molecule has 0 aliphatic heterocycles. The fourth-order valence-corrected chi connectivity index (χ4v) is 2.80. The van der Waals surface area contributed by atoms with Crippen LogP contribution in [0.2, 0.25) is 0 Å². The molecule has 1 amide bonds. The fourth-order valence-electron chi connectivity index (χ4n) is 2.80. The highest BCUT2D eigenvalue weighted by Gasteiger charge is 2.24. The zero-order valence-corrected chi connectivity index (χ0v) is 14.6. The summed E-state index contributed by atoms with van der Waals surface area (Å²) in [6, 6.07) is 15.4. The van der Waals surface area contributed by atoms with Crippen molar-refractivity contribution in [3.63, 3.8) is 0 Å². The van der Waals surface area contributed by atoms with Crippen molar-refractivity contribution in [2.24, 2.45) is 5.92 Å². The summed E-state index contributed by atoms with van der Waals surface area (Å²) in [5.74, 6) is -0.0650. The largest absolute Gasteiger partial charge is 0.419 e. The minimum atomic E-state index is -0.382. The highest BCUT2D eigenvalue weighted by atomic mass is 19.1. The SMILES string of the molecule is CC(C)C(C(=O)NCc1nnc(-c2ccccc2)o1)c1ccc(F)cc1. The average molecular weight is 353 g/mol. The molecule has 0 saturated heterocycles. The van der Waals surface area contributed by atoms with Crippen molar-refractivity contribution in [2.45, 2.75) is 26.3 Å². The number of halogens is 1. The molecule has 0 bridgehead atoms. The maximum atomic E-state index is 13.1. The summed E-state index contributed by atoms with van der Waals surface area (Å²) in [6.07, 6.45) is 0. The number of hydrogen-bond donors (Lipinski definition) is 1. The molecule has 3 rings (SSSR count). The van der Waals surface area contributed by atoms with E-state index in [1.165, 1.54) is 12.1 Å². The van der Waals surface area contributed by atoms with Gasteiger partial charge < -0.3 is 9.73 Å². The first-order valence-electron chi connectivity index (χ1n) is 8.45. The van der Waals surface area contributed by atoms with E-state index in [0.717, 1.165) is 11.1 Å². The minimum Gasteiger partial charge on any atom is -0.419 e. The molecule has 0 aliphatic carbocycles. The molecule has 1 unspecified atom stereocenters. The molecule has 0 fully saturated rings. The summed E-state index contributed by atoms with van der Waals surface area (Å²) in [7, 11) is 0. The third kappa shape index (κ3) is 4.14. The number of rotatable bonds is 6. The summed E-state index contributed by atoms with van der Waals surface area (Å²) in [4.78, 5) is 12.6. The van der Waals surface area contributed by atoms with Crippen LogP contribution in [0.1, 0.15) is 31.2 Å². The van der Waals surface area contributed by atoms with Crippen LogP contribution >= 0.6 is 0 Å². The molecule has 0 spiro atoms. The van der Waals surface area contributed by atoms with Crippen LogP contribution in [0.15, 0.2) is 59.0 Å². The van der Waals surface area contributed by atoms with Crippen molar-refractivity contribution in [2.75, 3.05) is 0 Å². The van der Waals surface area contributed by atoms with Crippen LogP contribution in [0.3, 0.4) is 0 Å². The van der Waals surface area contributed by atoms with E-state index in [9.17, 15) is 9.18 Å². The topological polar surface area (TPSA) is 68.0 Å². The standard InChI is InChI=1S/C20H20FN3O2/c1-13(2)18(14-8-10-16(21)11-9-14)19(25)22-12-17-23-24-20(26-17)15-6-4-3-5-7-15/h3-11,13,18H,12H2,1-2H3,(H,22,25). The molecule has 134 valence electrons. The number of amides is 1. The van der Waals surface area contributed by atoms with Gasteiger partial charge in [0.2, 0.25) is 17.7 Å². The van der Waals surface area contributed by atoms with Crippen LogP contribution in [0.4, 0.5) is 4.39 Å². The van der Waals surface area contributed by atoms with E-state index in [-0.39, 0.29) is 30.1 Å². The number of aromatic nitrogens is 2. The summed E-state index contributed by atoms with van der Waals surface area (Å²) in [5, 5.41) is 10.8. The Morgan fingerprint density at radius 3 is 2.42 bits per heavy atom. The molecule has 0 radical (unpaired) electrons. The summed E-state index contributed by atoms with van der Waals surface area (Å²) in [6.45, 7) is 4.05. The van der Waals surface area contributed by atoms with Crippen LogP contribution in [0.5, 0.6) is 0 Å². The normalized spacial score (nSPS) is 12.2. The Kier molecular flexibility index (Phi) is 5.41. The van der Waals surface area contributed by atoms with Gasteiger partial charge in [-0.15, -0.1) is 10.2 Å². The van der Waals surface area contributed by atoms with Gasteiger partial charge in [-0.2, -0.15) is 0 Å². The van der Waals surface area contributed by atoms with Crippen LogP contribution < -0.4 is 5.32 Å². The van der Waals surface area contributed by atoms with Crippen molar-refractivity contribution in [1.29, 1.82) is 0 Å². The van der Waals surface area contributed by atoms with Gasteiger partial charge in [-0.1, -0.05) is 44.2 Å². The van der Waals surface area contributed by atoms with Crippen molar-refractivity contribution < 1.29 is 13.6 Å². The molecule has 1 atom stereocenters. The van der Waals surface area contributed by atoms with Crippen molar-refractivity contribution in [3.05, 3.63) is 71.9 Å². The lowest BCUT2D eigenvalue weighted by Crippen LogP contribution is -2.31. The van der Waals surface area contributed by atoms with E-state index in [1.54, 1.807) is 12.1 Å². The lowest BCUT2D eigenvalue weighted by molar-refractivity contribution is -0.123. The molecule has 1 N–H and O–H groups in total. The number of hydrogen-bond acceptors (Lipinski definition) is 4. The van der Waals surface area contributed by atoms with Crippen molar-refractivity contribution >= 4 is 5.91 Å². The van der Waals surface area contributed by atoms with Crippen molar-refractivity contribution in [3.8, 4) is 11.5 Å². The number of nitrogens with zero attached hydrogens (tertiary/aromatic N) is 2. The Balaban J connectivity index is 1.67. The number of benzene rings is 2. The Labute approximate surface area is 151 Å². The second-order valence-corrected chi connectivity index (χ2v) is 6.36. The molecule has 0 saturated carbocycles. The molecule has 6 heteroatoms. The first-order valence-corrected chi connectivity index (χ1v) is 8.45. The average Bonchev–Trinajstić information content (AvgIpc) is 3.11. The van der Waals surface area contributed by atoms with Gasteiger partial charge in [-0.05, 0) is 35.7 Å². The lowest BCUT2D eigenvalue weighted by atomic mass is 9.87. The Morgan fingerprint density at radius 1 is 1.08 bits per heavy atom. The van der Waals surface area contributed by atoms with Gasteiger partial charge in [-0.3, -0.25) is 4.79 Å². The van der Waals surface area contributed by atoms with Gasteiger partial charge in [0, 0.05) is 5.56 Å². The zero-order valence-electron chi connectivity index (χ0n) is 14.6. The van der Waals surface area contributed by atoms with Gasteiger partial charge in [-0.25, -0.2) is 4.39 Å². The third-order valence-electron chi connectivity index (χ3n) is 4.08. The Bertz CT molecular complexity index is 860. The fraction of sp³-hybridized carbons (Fsp3) is 0.250. The first kappa shape index (κ1) is 17.8. The quantitative estimate of drug-likeness (QED) is 0.729. The van der Waals surface area contributed by atoms with Crippen LogP contribution in [0.25, 0.3) is 11.5 Å². The van der Waals surface area contributed by atoms with Gasteiger partial charge in [0.1, 0.15) is 5.82 Å². The number of carbonyl (C=O) groups excluding carboxylic acids is 1. The van der Waals surface area contributed by atoms with E-state index >= 15 is 0 Å². The van der Waals surface area contributed by atoms with Crippen molar-refractivity contribution in [1.82, 2.24) is 15.5 Å². The second kappa shape index (κ2) is 7.91. The number of nitrogens with one attached hydrogen (secondary N) is 1. The van der Waals surface area contributed by atoms with E-state index < -0.39 is 0 Å². The molecule has 1 aromatic heterocycles. The van der Waals surface area contributed by atoms with Gasteiger partial charge in [0.15, 0.2) is 0 Å². The van der Waals surface area contributed by atoms with Crippen LogP contribution in [0, 0.1) is 11.7 Å². The zero-order chi connectivity index (χ0) is 18.5. The molecule has 1 heterocycles. The van der Waals surface area contributed by atoms with Gasteiger partial charge >= 0.3 is 0 Å². The predicted molar refractivity (Wildman–Crippen MR) is 95.6 cm³/mol. The molecular formula is C20H20FN3O2. The van der Waals surface area contributed by atoms with Crippen LogP contribution in [-0.2, 0) is 11.3 Å². The maximum absolute atomic E-state index is 13.1. The van der Waals surface area contributed by atoms with E-state index in [1.807, 2.05) is 44.2 Å². The molecule has 5 nitrogen and oxygen atoms in total. The molecular weight excluding hydrogens is 333 g/mol. The first-order chi connectivity index (χ1) is 12.5. The number of carbonyl (C=O) groups is 1. The van der Waals surface area contributed by atoms with E-state index in [0.29, 0.717) is 11.8 Å². The maximum Gasteiger partial charge on any atom is 0.247 e. The highest BCUT2D eigenvalue weighted by Crippen LogP contribution is 2.25. The van der Waals surface area contributed by atoms with Crippen LogP contribution in [-0.4, -0.2) is 16.1 Å². The summed E-state index contributed by atoms with van der Waals surface area (Å²) < 4.78 is 18.7. The van der Waals surface area contributed by atoms with Gasteiger partial charge in [0.05, 0.1) is 12.5 Å². The molecule has 3 aromatic rings. The van der Waals surface area contributed by atoms with Gasteiger partial charge in [0.25, 0.3) is 0 Å². The molecule has 2 aromatic carbocycles. The molecule has 26 heavy (non-hydrogen) atoms. The summed E-state index contributed by atoms with van der Waals surface area (Å²) >= 11 is 0. The smallest absolute Gasteiger partial charge is 0.247 e. The third-order valence-corrected chi connectivity index (χ3v) is 4.08. The Morgan fingerprint density at radius 2 is 1.77 bits per heavy atom. The second-order valence-electron chi connectivity index (χ2n) is 6.36. The molecule has 0 aliphatic rings. The summed E-state index contributed by atoms with van der Waals surface area (Å²) in [5.41, 5.74) is 1.60. The van der Waals surface area contributed by atoms with E-state index in [4.69, 9.17) is 4.42 Å². The highest BCUT2D eigenvalue weighted by molar-refractivity contribution is 5.83. The Hall–Kier alpha value is -3.02. The minimum absolute atomic E-state index is 0.0584. The lowest BCUT2D eigenvalue weighted by Gasteiger charge is -2.20.